The Morgan fingerprint density at radius 3 is 2.60 bits per heavy atom. The predicted molar refractivity (Wildman–Crippen MR) is 95.1 cm³/mol. The minimum atomic E-state index is -0.157. The number of anilines is 1. The maximum absolute atomic E-state index is 13.9. The number of nitrogens with zero attached hydrogens (tertiary/aromatic N) is 6. The number of para-hydroxylation sites is 1. The van der Waals surface area contributed by atoms with Gasteiger partial charge in [0.1, 0.15) is 5.82 Å². The van der Waals surface area contributed by atoms with Crippen molar-refractivity contribution in [3.05, 3.63) is 58.3 Å². The lowest BCUT2D eigenvalue weighted by Gasteiger charge is -2.35. The molecule has 0 bridgehead atoms. The van der Waals surface area contributed by atoms with Crippen molar-refractivity contribution in [2.45, 2.75) is 13.1 Å². The quantitative estimate of drug-likeness (QED) is 0.700. The Bertz CT molecular complexity index is 810. The average Bonchev–Trinajstić information content (AvgIpc) is 3.29. The highest BCUT2D eigenvalue weighted by Gasteiger charge is 2.21. The van der Waals surface area contributed by atoms with Crippen molar-refractivity contribution in [1.82, 2.24) is 25.1 Å². The van der Waals surface area contributed by atoms with Gasteiger partial charge < -0.3 is 4.90 Å². The number of thiophene rings is 1. The molecule has 2 aromatic heterocycles. The fraction of sp³-hybridized carbons (Fsp3) is 0.353. The SMILES string of the molecule is Fc1ccccc1N1CCN(Cc2nnnn2Cc2cccs2)CC1. The van der Waals surface area contributed by atoms with Gasteiger partial charge in [-0.1, -0.05) is 18.2 Å². The van der Waals surface area contributed by atoms with E-state index >= 15 is 0 Å². The molecule has 1 fully saturated rings. The third-order valence-electron chi connectivity index (χ3n) is 4.42. The fourth-order valence-corrected chi connectivity index (χ4v) is 3.75. The van der Waals surface area contributed by atoms with E-state index in [-0.39, 0.29) is 5.82 Å². The number of piperazine rings is 1. The van der Waals surface area contributed by atoms with Crippen molar-refractivity contribution in [3.63, 3.8) is 0 Å². The number of hydrogen-bond donors (Lipinski definition) is 0. The molecule has 0 radical (unpaired) electrons. The summed E-state index contributed by atoms with van der Waals surface area (Å²) < 4.78 is 15.8. The lowest BCUT2D eigenvalue weighted by Crippen LogP contribution is -2.46. The van der Waals surface area contributed by atoms with Crippen LogP contribution in [0.25, 0.3) is 0 Å². The number of rotatable bonds is 5. The summed E-state index contributed by atoms with van der Waals surface area (Å²) in [5.41, 5.74) is 0.685. The zero-order valence-electron chi connectivity index (χ0n) is 13.8. The molecule has 0 unspecified atom stereocenters. The molecule has 130 valence electrons. The number of aromatic nitrogens is 4. The second kappa shape index (κ2) is 7.28. The summed E-state index contributed by atoms with van der Waals surface area (Å²) >= 11 is 1.70. The first-order valence-corrected chi connectivity index (χ1v) is 9.17. The Hall–Kier alpha value is -2.32. The first kappa shape index (κ1) is 16.2. The molecule has 0 amide bonds. The molecule has 1 saturated heterocycles. The summed E-state index contributed by atoms with van der Waals surface area (Å²) in [5, 5.41) is 14.2. The molecule has 1 aliphatic heterocycles. The molecule has 0 spiro atoms. The summed E-state index contributed by atoms with van der Waals surface area (Å²) in [6.07, 6.45) is 0. The zero-order chi connectivity index (χ0) is 17.1. The molecule has 1 aromatic carbocycles. The van der Waals surface area contributed by atoms with E-state index in [0.29, 0.717) is 18.8 Å². The maximum Gasteiger partial charge on any atom is 0.165 e. The second-order valence-electron chi connectivity index (χ2n) is 6.05. The van der Waals surface area contributed by atoms with Crippen LogP contribution in [0.4, 0.5) is 10.1 Å². The van der Waals surface area contributed by atoms with Gasteiger partial charge in [0, 0.05) is 31.1 Å². The third-order valence-corrected chi connectivity index (χ3v) is 5.28. The summed E-state index contributed by atoms with van der Waals surface area (Å²) in [5.74, 6) is 0.712. The topological polar surface area (TPSA) is 50.1 Å². The van der Waals surface area contributed by atoms with Gasteiger partial charge in [0.15, 0.2) is 5.82 Å². The van der Waals surface area contributed by atoms with E-state index in [1.54, 1.807) is 17.4 Å². The normalized spacial score (nSPS) is 15.6. The molecule has 8 heteroatoms. The van der Waals surface area contributed by atoms with Gasteiger partial charge in [-0.2, -0.15) is 0 Å². The Morgan fingerprint density at radius 1 is 1.00 bits per heavy atom. The molecule has 1 aliphatic rings. The first-order valence-electron chi connectivity index (χ1n) is 8.29. The Labute approximate surface area is 149 Å². The van der Waals surface area contributed by atoms with Gasteiger partial charge in [0.05, 0.1) is 18.8 Å². The predicted octanol–water partition coefficient (Wildman–Crippen LogP) is 2.24. The number of benzene rings is 1. The van der Waals surface area contributed by atoms with E-state index in [0.717, 1.165) is 32.0 Å². The van der Waals surface area contributed by atoms with Crippen LogP contribution in [0.15, 0.2) is 41.8 Å². The molecule has 3 heterocycles. The summed E-state index contributed by atoms with van der Waals surface area (Å²) in [6, 6.07) is 11.1. The molecule has 6 nitrogen and oxygen atoms in total. The van der Waals surface area contributed by atoms with E-state index in [1.165, 1.54) is 10.9 Å². The third kappa shape index (κ3) is 3.69. The van der Waals surface area contributed by atoms with Gasteiger partial charge in [-0.15, -0.1) is 16.4 Å². The van der Waals surface area contributed by atoms with Crippen molar-refractivity contribution in [1.29, 1.82) is 0 Å². The largest absolute Gasteiger partial charge is 0.367 e. The lowest BCUT2D eigenvalue weighted by atomic mass is 10.2. The second-order valence-corrected chi connectivity index (χ2v) is 7.08. The zero-order valence-corrected chi connectivity index (χ0v) is 14.6. The van der Waals surface area contributed by atoms with Gasteiger partial charge in [0.25, 0.3) is 0 Å². The molecule has 4 rings (SSSR count). The van der Waals surface area contributed by atoms with Crippen molar-refractivity contribution in [2.75, 3.05) is 31.1 Å². The van der Waals surface area contributed by atoms with Crippen molar-refractivity contribution in [2.24, 2.45) is 0 Å². The van der Waals surface area contributed by atoms with Crippen LogP contribution in [0, 0.1) is 5.82 Å². The van der Waals surface area contributed by atoms with Crippen LogP contribution in [0.1, 0.15) is 10.7 Å². The molecular formula is C17H19FN6S. The number of halogens is 1. The molecule has 0 aliphatic carbocycles. The van der Waals surface area contributed by atoms with Crippen LogP contribution in [-0.2, 0) is 13.1 Å². The van der Waals surface area contributed by atoms with E-state index < -0.39 is 0 Å². The standard InChI is InChI=1S/C17H19FN6S/c18-15-5-1-2-6-16(15)23-9-7-22(8-10-23)13-17-19-20-21-24(17)12-14-4-3-11-25-14/h1-6,11H,7-10,12-13H2. The Kier molecular flexibility index (Phi) is 4.71. The van der Waals surface area contributed by atoms with Crippen molar-refractivity contribution >= 4 is 17.0 Å². The van der Waals surface area contributed by atoms with E-state index in [4.69, 9.17) is 0 Å². The van der Waals surface area contributed by atoms with Gasteiger partial charge in [-0.05, 0) is 34.0 Å². The summed E-state index contributed by atoms with van der Waals surface area (Å²) in [4.78, 5) is 5.65. The molecule has 0 saturated carbocycles. The van der Waals surface area contributed by atoms with Crippen molar-refractivity contribution in [3.8, 4) is 0 Å². The van der Waals surface area contributed by atoms with Crippen LogP contribution in [0.2, 0.25) is 0 Å². The van der Waals surface area contributed by atoms with E-state index in [9.17, 15) is 4.39 Å². The Morgan fingerprint density at radius 2 is 1.84 bits per heavy atom. The van der Waals surface area contributed by atoms with Crippen LogP contribution < -0.4 is 4.90 Å². The van der Waals surface area contributed by atoms with Gasteiger partial charge >= 0.3 is 0 Å². The van der Waals surface area contributed by atoms with Crippen LogP contribution in [0.5, 0.6) is 0 Å². The summed E-state index contributed by atoms with van der Waals surface area (Å²) in [6.45, 7) is 4.74. The minimum absolute atomic E-state index is 0.157. The molecular weight excluding hydrogens is 339 g/mol. The van der Waals surface area contributed by atoms with Crippen LogP contribution in [0.3, 0.4) is 0 Å². The number of tetrazole rings is 1. The van der Waals surface area contributed by atoms with Gasteiger partial charge in [-0.3, -0.25) is 4.90 Å². The van der Waals surface area contributed by atoms with Gasteiger partial charge in [-0.25, -0.2) is 9.07 Å². The highest BCUT2D eigenvalue weighted by molar-refractivity contribution is 7.09. The highest BCUT2D eigenvalue weighted by Crippen LogP contribution is 2.20. The van der Waals surface area contributed by atoms with Crippen LogP contribution in [-0.4, -0.2) is 51.3 Å². The summed E-state index contributed by atoms with van der Waals surface area (Å²) in [7, 11) is 0. The smallest absolute Gasteiger partial charge is 0.165 e. The van der Waals surface area contributed by atoms with E-state index in [1.807, 2.05) is 22.9 Å². The van der Waals surface area contributed by atoms with Crippen LogP contribution >= 0.6 is 11.3 Å². The molecule has 3 aromatic rings. The Balaban J connectivity index is 1.36. The minimum Gasteiger partial charge on any atom is -0.367 e. The maximum atomic E-state index is 13.9. The highest BCUT2D eigenvalue weighted by atomic mass is 32.1. The van der Waals surface area contributed by atoms with Crippen molar-refractivity contribution < 1.29 is 4.39 Å². The lowest BCUT2D eigenvalue weighted by molar-refractivity contribution is 0.239. The first-order chi connectivity index (χ1) is 12.3. The fourth-order valence-electron chi connectivity index (χ4n) is 3.06. The number of hydrogen-bond acceptors (Lipinski definition) is 6. The average molecular weight is 358 g/mol. The monoisotopic (exact) mass is 358 g/mol. The molecule has 0 atom stereocenters. The van der Waals surface area contributed by atoms with Gasteiger partial charge in [0.2, 0.25) is 0 Å². The molecule has 0 N–H and O–H groups in total. The van der Waals surface area contributed by atoms with E-state index in [2.05, 4.69) is 36.8 Å². The molecule has 25 heavy (non-hydrogen) atoms.